The van der Waals surface area contributed by atoms with Crippen LogP contribution in [0.5, 0.6) is 0 Å². The predicted molar refractivity (Wildman–Crippen MR) is 83.0 cm³/mol. The van der Waals surface area contributed by atoms with Gasteiger partial charge in [0.15, 0.2) is 0 Å². The van der Waals surface area contributed by atoms with Crippen molar-refractivity contribution >= 4 is 28.6 Å². The van der Waals surface area contributed by atoms with Crippen LogP contribution in [0.15, 0.2) is 23.7 Å². The van der Waals surface area contributed by atoms with Crippen molar-refractivity contribution in [2.24, 2.45) is 5.73 Å². The van der Waals surface area contributed by atoms with Crippen LogP contribution in [0.4, 0.5) is 5.69 Å². The predicted octanol–water partition coefficient (Wildman–Crippen LogP) is 3.76. The van der Waals surface area contributed by atoms with Crippen molar-refractivity contribution in [2.45, 2.75) is 26.4 Å². The van der Waals surface area contributed by atoms with E-state index in [4.69, 9.17) is 17.3 Å². The Bertz CT molecular complexity index is 566. The van der Waals surface area contributed by atoms with Crippen LogP contribution in [0.3, 0.4) is 0 Å². The molecule has 3 nitrogen and oxygen atoms in total. The Hall–Kier alpha value is -1.10. The number of benzene rings is 1. The molecule has 0 aliphatic carbocycles. The molecular formula is C14H18ClN3S. The monoisotopic (exact) mass is 295 g/mol. The van der Waals surface area contributed by atoms with Crippen molar-refractivity contribution in [3.8, 4) is 0 Å². The molecule has 2 aromatic rings. The molecule has 2 rings (SSSR count). The minimum absolute atomic E-state index is 0.000552. The average Bonchev–Trinajstić information content (AvgIpc) is 2.74. The second-order valence-electron chi connectivity index (χ2n) is 4.72. The van der Waals surface area contributed by atoms with Gasteiger partial charge in [-0.15, -0.1) is 11.3 Å². The van der Waals surface area contributed by atoms with Gasteiger partial charge in [-0.25, -0.2) is 4.98 Å². The van der Waals surface area contributed by atoms with Crippen LogP contribution in [0.1, 0.15) is 29.1 Å². The summed E-state index contributed by atoms with van der Waals surface area (Å²) in [6, 6.07) is 6.00. The topological polar surface area (TPSA) is 42.2 Å². The Morgan fingerprint density at radius 1 is 1.47 bits per heavy atom. The van der Waals surface area contributed by atoms with Crippen molar-refractivity contribution in [1.82, 2.24) is 4.98 Å². The molecule has 0 aliphatic rings. The van der Waals surface area contributed by atoms with Crippen LogP contribution in [0.25, 0.3) is 0 Å². The fourth-order valence-electron chi connectivity index (χ4n) is 1.89. The summed E-state index contributed by atoms with van der Waals surface area (Å²) in [6.45, 7) is 4.80. The summed E-state index contributed by atoms with van der Waals surface area (Å²) >= 11 is 8.01. The van der Waals surface area contributed by atoms with Crippen LogP contribution in [0, 0.1) is 6.92 Å². The van der Waals surface area contributed by atoms with Gasteiger partial charge in [0.25, 0.3) is 0 Å². The van der Waals surface area contributed by atoms with Crippen LogP contribution < -0.4 is 10.6 Å². The summed E-state index contributed by atoms with van der Waals surface area (Å²) in [6.07, 6.45) is 0. The molecule has 19 heavy (non-hydrogen) atoms. The maximum absolute atomic E-state index is 6.34. The maximum atomic E-state index is 6.34. The normalized spacial score (nSPS) is 12.5. The lowest BCUT2D eigenvalue weighted by Crippen LogP contribution is -2.17. The van der Waals surface area contributed by atoms with Crippen LogP contribution >= 0.6 is 22.9 Å². The zero-order valence-electron chi connectivity index (χ0n) is 11.4. The Morgan fingerprint density at radius 2 is 2.21 bits per heavy atom. The maximum Gasteiger partial charge on any atom is 0.0798 e. The second-order valence-corrected chi connectivity index (χ2v) is 6.06. The molecule has 1 atom stereocenters. The summed E-state index contributed by atoms with van der Waals surface area (Å²) in [4.78, 5) is 7.66. The second kappa shape index (κ2) is 5.90. The Kier molecular flexibility index (Phi) is 4.45. The zero-order valence-corrected chi connectivity index (χ0v) is 12.9. The first kappa shape index (κ1) is 14.3. The van der Waals surface area contributed by atoms with Gasteiger partial charge in [0.2, 0.25) is 0 Å². The van der Waals surface area contributed by atoms with Gasteiger partial charge in [0.05, 0.1) is 28.5 Å². The third kappa shape index (κ3) is 3.26. The lowest BCUT2D eigenvalue weighted by Gasteiger charge is -2.21. The highest BCUT2D eigenvalue weighted by Crippen LogP contribution is 2.29. The van der Waals surface area contributed by atoms with Crippen molar-refractivity contribution in [1.29, 1.82) is 0 Å². The number of nitrogens with two attached hydrogens (primary N) is 1. The van der Waals surface area contributed by atoms with Gasteiger partial charge in [0, 0.05) is 18.0 Å². The van der Waals surface area contributed by atoms with Gasteiger partial charge in [-0.2, -0.15) is 0 Å². The number of nitrogens with zero attached hydrogens (tertiary/aromatic N) is 2. The minimum Gasteiger partial charge on any atom is -0.368 e. The molecule has 0 amide bonds. The van der Waals surface area contributed by atoms with Gasteiger partial charge >= 0.3 is 0 Å². The Morgan fingerprint density at radius 3 is 2.74 bits per heavy atom. The number of hydrogen-bond donors (Lipinski definition) is 1. The van der Waals surface area contributed by atoms with E-state index >= 15 is 0 Å². The van der Waals surface area contributed by atoms with E-state index in [0.717, 1.165) is 28.5 Å². The highest BCUT2D eigenvalue weighted by molar-refractivity contribution is 7.09. The van der Waals surface area contributed by atoms with Gasteiger partial charge < -0.3 is 10.6 Å². The molecule has 0 bridgehead atoms. The molecule has 102 valence electrons. The number of rotatable bonds is 4. The smallest absolute Gasteiger partial charge is 0.0798 e. The molecular weight excluding hydrogens is 278 g/mol. The summed E-state index contributed by atoms with van der Waals surface area (Å²) in [5.74, 6) is 0. The third-order valence-electron chi connectivity index (χ3n) is 3.13. The fraction of sp³-hybridized carbons (Fsp3) is 0.357. The number of halogens is 1. The molecule has 1 aromatic carbocycles. The van der Waals surface area contributed by atoms with Crippen LogP contribution in [-0.2, 0) is 6.54 Å². The molecule has 0 saturated heterocycles. The van der Waals surface area contributed by atoms with E-state index in [2.05, 4.69) is 9.88 Å². The van der Waals surface area contributed by atoms with Crippen molar-refractivity contribution in [3.63, 3.8) is 0 Å². The highest BCUT2D eigenvalue weighted by Gasteiger charge is 2.11. The number of hydrogen-bond acceptors (Lipinski definition) is 4. The number of aryl methyl sites for hydroxylation is 1. The molecule has 0 spiro atoms. The largest absolute Gasteiger partial charge is 0.368 e. The van der Waals surface area contributed by atoms with Crippen LogP contribution in [-0.4, -0.2) is 12.0 Å². The van der Waals surface area contributed by atoms with Crippen molar-refractivity contribution in [2.75, 3.05) is 11.9 Å². The minimum atomic E-state index is 0.000552. The molecule has 0 saturated carbocycles. The van der Waals surface area contributed by atoms with E-state index in [0.29, 0.717) is 0 Å². The van der Waals surface area contributed by atoms with Crippen molar-refractivity contribution in [3.05, 3.63) is 44.9 Å². The molecule has 0 aliphatic heterocycles. The molecule has 1 aromatic heterocycles. The lowest BCUT2D eigenvalue weighted by atomic mass is 10.1. The zero-order chi connectivity index (χ0) is 14.0. The molecule has 2 N–H and O–H groups in total. The van der Waals surface area contributed by atoms with Gasteiger partial charge in [-0.3, -0.25) is 0 Å². The molecule has 0 unspecified atom stereocenters. The lowest BCUT2D eigenvalue weighted by molar-refractivity contribution is 0.817. The van der Waals surface area contributed by atoms with E-state index in [-0.39, 0.29) is 6.04 Å². The number of thiazole rings is 1. The van der Waals surface area contributed by atoms with Crippen LogP contribution in [0.2, 0.25) is 5.02 Å². The van der Waals surface area contributed by atoms with E-state index in [1.54, 1.807) is 11.3 Å². The molecule has 0 fully saturated rings. The van der Waals surface area contributed by atoms with Gasteiger partial charge in [0.1, 0.15) is 0 Å². The van der Waals surface area contributed by atoms with Gasteiger partial charge in [-0.05, 0) is 31.5 Å². The van der Waals surface area contributed by atoms with Gasteiger partial charge in [-0.1, -0.05) is 17.7 Å². The first-order valence-corrected chi connectivity index (χ1v) is 7.40. The summed E-state index contributed by atoms with van der Waals surface area (Å²) in [7, 11) is 2.03. The quantitative estimate of drug-likeness (QED) is 0.934. The Labute approximate surface area is 123 Å². The molecule has 5 heteroatoms. The first-order chi connectivity index (χ1) is 8.99. The number of aromatic nitrogens is 1. The molecule has 0 radical (unpaired) electrons. The third-order valence-corrected chi connectivity index (χ3v) is 4.36. The highest BCUT2D eigenvalue weighted by atomic mass is 35.5. The summed E-state index contributed by atoms with van der Waals surface area (Å²) < 4.78 is 0. The van der Waals surface area contributed by atoms with E-state index in [9.17, 15) is 0 Å². The average molecular weight is 296 g/mol. The summed E-state index contributed by atoms with van der Waals surface area (Å²) in [5, 5.41) is 0.736. The first-order valence-electron chi connectivity index (χ1n) is 6.14. The SMILES string of the molecule is Cc1ncsc1CN(C)c1ccc([C@@H](C)N)cc1Cl. The Balaban J connectivity index is 2.20. The van der Waals surface area contributed by atoms with E-state index < -0.39 is 0 Å². The fourth-order valence-corrected chi connectivity index (χ4v) is 3.06. The van der Waals surface area contributed by atoms with E-state index in [1.165, 1.54) is 4.88 Å². The summed E-state index contributed by atoms with van der Waals surface area (Å²) in [5.41, 5.74) is 10.9. The van der Waals surface area contributed by atoms with Crippen molar-refractivity contribution < 1.29 is 0 Å². The standard InChI is InChI=1S/C14H18ClN3S/c1-9(16)11-4-5-13(12(15)6-11)18(3)7-14-10(2)17-8-19-14/h4-6,8-9H,7,16H2,1-3H3/t9-/m1/s1. The number of anilines is 1. The van der Waals surface area contributed by atoms with E-state index in [1.807, 2.05) is 44.6 Å². The molecule has 1 heterocycles.